The van der Waals surface area contributed by atoms with Crippen LogP contribution in [0.3, 0.4) is 0 Å². The molecule has 4 rings (SSSR count). The maximum absolute atomic E-state index is 12.2. The Kier molecular flexibility index (Phi) is 5.07. The third-order valence-electron chi connectivity index (χ3n) is 3.81. The second kappa shape index (κ2) is 7.97. The number of carbonyl (C=O) groups excluding carboxylic acids is 2. The number of H-pyrrole nitrogens is 1. The molecule has 28 heavy (non-hydrogen) atoms. The summed E-state index contributed by atoms with van der Waals surface area (Å²) in [4.78, 5) is 28.4. The fraction of sp³-hybridized carbons (Fsp3) is 0.0526. The average Bonchev–Trinajstić information content (AvgIpc) is 3.38. The van der Waals surface area contributed by atoms with E-state index in [9.17, 15) is 9.59 Å². The van der Waals surface area contributed by atoms with E-state index in [0.717, 1.165) is 22.8 Å². The van der Waals surface area contributed by atoms with Gasteiger partial charge in [-0.05, 0) is 18.2 Å². The molecular weight excluding hydrogens is 378 g/mol. The minimum absolute atomic E-state index is 0.0470. The van der Waals surface area contributed by atoms with Gasteiger partial charge in [-0.15, -0.1) is 0 Å². The van der Waals surface area contributed by atoms with Crippen molar-refractivity contribution < 1.29 is 14.0 Å². The Labute approximate surface area is 163 Å². The first-order valence-corrected chi connectivity index (χ1v) is 9.36. The summed E-state index contributed by atoms with van der Waals surface area (Å²) < 4.78 is 5.53. The van der Waals surface area contributed by atoms with Gasteiger partial charge in [-0.1, -0.05) is 54.2 Å². The minimum atomic E-state index is -0.491. The molecule has 140 valence electrons. The van der Waals surface area contributed by atoms with Crippen molar-refractivity contribution in [1.29, 1.82) is 0 Å². The van der Waals surface area contributed by atoms with E-state index in [2.05, 4.69) is 26.0 Å². The first kappa shape index (κ1) is 17.8. The Balaban J connectivity index is 1.28. The molecule has 0 saturated heterocycles. The number of aromatic amines is 1. The van der Waals surface area contributed by atoms with E-state index in [1.165, 1.54) is 0 Å². The van der Waals surface area contributed by atoms with E-state index in [1.54, 1.807) is 12.1 Å². The maximum Gasteiger partial charge on any atom is 0.287 e. The van der Waals surface area contributed by atoms with Gasteiger partial charge in [0.1, 0.15) is 11.2 Å². The van der Waals surface area contributed by atoms with Crippen LogP contribution in [0.4, 0.5) is 0 Å². The summed E-state index contributed by atoms with van der Waals surface area (Å²) in [5, 5.41) is 7.16. The van der Waals surface area contributed by atoms with Crippen molar-refractivity contribution in [2.24, 2.45) is 0 Å². The molecule has 0 fully saturated rings. The van der Waals surface area contributed by atoms with E-state index >= 15 is 0 Å². The highest BCUT2D eigenvalue weighted by Gasteiger charge is 2.13. The summed E-state index contributed by atoms with van der Waals surface area (Å²) >= 11 is 1.14. The van der Waals surface area contributed by atoms with Gasteiger partial charge < -0.3 is 4.42 Å². The molecule has 2 aromatic heterocycles. The number of aromatic nitrogens is 3. The molecule has 4 aromatic rings. The zero-order valence-electron chi connectivity index (χ0n) is 14.5. The fourth-order valence-electron chi connectivity index (χ4n) is 2.46. The molecule has 9 heteroatoms. The number of nitrogens with one attached hydrogen (secondary N) is 3. The van der Waals surface area contributed by atoms with Crippen LogP contribution >= 0.6 is 11.8 Å². The first-order valence-electron chi connectivity index (χ1n) is 8.37. The molecule has 2 heterocycles. The minimum Gasteiger partial charge on any atom is -0.431 e. The first-order chi connectivity index (χ1) is 13.7. The van der Waals surface area contributed by atoms with Crippen molar-refractivity contribution in [2.75, 3.05) is 5.75 Å². The fourth-order valence-corrected chi connectivity index (χ4v) is 3.10. The molecule has 0 saturated carbocycles. The van der Waals surface area contributed by atoms with Gasteiger partial charge in [-0.2, -0.15) is 5.10 Å². The summed E-state index contributed by atoms with van der Waals surface area (Å²) in [7, 11) is 0. The zero-order chi connectivity index (χ0) is 19.3. The maximum atomic E-state index is 12.2. The van der Waals surface area contributed by atoms with E-state index in [4.69, 9.17) is 4.42 Å². The van der Waals surface area contributed by atoms with Gasteiger partial charge in [-0.3, -0.25) is 25.5 Å². The van der Waals surface area contributed by atoms with Crippen molar-refractivity contribution in [3.8, 4) is 11.3 Å². The van der Waals surface area contributed by atoms with Crippen LogP contribution < -0.4 is 10.9 Å². The van der Waals surface area contributed by atoms with Crippen molar-refractivity contribution in [1.82, 2.24) is 26.0 Å². The van der Waals surface area contributed by atoms with Gasteiger partial charge in [0, 0.05) is 5.56 Å². The number of para-hydroxylation sites is 2. The van der Waals surface area contributed by atoms with Crippen LogP contribution in [-0.2, 0) is 4.79 Å². The smallest absolute Gasteiger partial charge is 0.287 e. The quantitative estimate of drug-likeness (QED) is 0.355. The van der Waals surface area contributed by atoms with Crippen LogP contribution in [-0.4, -0.2) is 32.7 Å². The van der Waals surface area contributed by atoms with Crippen molar-refractivity contribution in [3.63, 3.8) is 0 Å². The molecule has 8 nitrogen and oxygen atoms in total. The molecular formula is C19H15N5O3S. The highest BCUT2D eigenvalue weighted by molar-refractivity contribution is 7.99. The summed E-state index contributed by atoms with van der Waals surface area (Å²) in [6.07, 6.45) is 0. The Morgan fingerprint density at radius 1 is 1.04 bits per heavy atom. The van der Waals surface area contributed by atoms with Crippen molar-refractivity contribution in [3.05, 3.63) is 66.4 Å². The van der Waals surface area contributed by atoms with Crippen LogP contribution in [0.15, 0.2) is 70.3 Å². The number of hydrogen-bond donors (Lipinski definition) is 3. The zero-order valence-corrected chi connectivity index (χ0v) is 15.3. The normalized spacial score (nSPS) is 10.7. The number of amides is 2. The molecule has 0 bridgehead atoms. The lowest BCUT2D eigenvalue weighted by molar-refractivity contribution is -0.119. The number of rotatable bonds is 5. The Hall–Kier alpha value is -3.59. The van der Waals surface area contributed by atoms with Gasteiger partial charge in [0.25, 0.3) is 11.1 Å². The molecule has 0 radical (unpaired) electrons. The second-order valence-electron chi connectivity index (χ2n) is 5.77. The predicted octanol–water partition coefficient (Wildman–Crippen LogP) is 2.77. The van der Waals surface area contributed by atoms with Gasteiger partial charge in [0.2, 0.25) is 5.91 Å². The van der Waals surface area contributed by atoms with Gasteiger partial charge in [0.15, 0.2) is 5.58 Å². The number of hydrogen-bond acceptors (Lipinski definition) is 6. The topological polar surface area (TPSA) is 113 Å². The lowest BCUT2D eigenvalue weighted by Gasteiger charge is -2.04. The molecule has 3 N–H and O–H groups in total. The highest BCUT2D eigenvalue weighted by atomic mass is 32.2. The van der Waals surface area contributed by atoms with E-state index in [0.29, 0.717) is 16.5 Å². The summed E-state index contributed by atoms with van der Waals surface area (Å²) in [6.45, 7) is 0. The summed E-state index contributed by atoms with van der Waals surface area (Å²) in [5.41, 5.74) is 7.87. The molecule has 0 aliphatic carbocycles. The van der Waals surface area contributed by atoms with E-state index in [-0.39, 0.29) is 17.4 Å². The molecule has 0 aliphatic heterocycles. The summed E-state index contributed by atoms with van der Waals surface area (Å²) in [5.74, 6) is -0.830. The number of benzene rings is 2. The monoisotopic (exact) mass is 393 g/mol. The Morgan fingerprint density at radius 2 is 1.82 bits per heavy atom. The van der Waals surface area contributed by atoms with Crippen LogP contribution in [0.5, 0.6) is 0 Å². The van der Waals surface area contributed by atoms with Gasteiger partial charge >= 0.3 is 0 Å². The third-order valence-corrected chi connectivity index (χ3v) is 4.64. The lowest BCUT2D eigenvalue weighted by Crippen LogP contribution is -2.42. The van der Waals surface area contributed by atoms with E-state index in [1.807, 2.05) is 48.5 Å². The average molecular weight is 393 g/mol. The lowest BCUT2D eigenvalue weighted by atomic mass is 10.1. The largest absolute Gasteiger partial charge is 0.431 e. The molecule has 0 spiro atoms. The van der Waals surface area contributed by atoms with Gasteiger partial charge in [-0.25, -0.2) is 4.98 Å². The second-order valence-corrected chi connectivity index (χ2v) is 6.70. The van der Waals surface area contributed by atoms with Crippen molar-refractivity contribution in [2.45, 2.75) is 5.22 Å². The molecule has 2 aromatic carbocycles. The van der Waals surface area contributed by atoms with Gasteiger partial charge in [0.05, 0.1) is 11.4 Å². The Bertz CT molecular complexity index is 1090. The van der Waals surface area contributed by atoms with E-state index < -0.39 is 5.91 Å². The number of carbonyl (C=O) groups is 2. The number of nitrogens with zero attached hydrogens (tertiary/aromatic N) is 2. The number of fused-ring (bicyclic) bond motifs is 1. The Morgan fingerprint density at radius 3 is 2.64 bits per heavy atom. The molecule has 0 unspecified atom stereocenters. The van der Waals surface area contributed by atoms with Crippen molar-refractivity contribution >= 4 is 34.7 Å². The number of oxazole rings is 1. The molecule has 2 amide bonds. The van der Waals surface area contributed by atoms with Crippen LogP contribution in [0.25, 0.3) is 22.4 Å². The number of hydrazine groups is 1. The summed E-state index contributed by atoms with van der Waals surface area (Å²) in [6, 6.07) is 18.4. The standard InChI is InChI=1S/C19H15N5O3S/c25-17(11-28-19-20-13-8-4-5-9-16(13)27-19)23-24-18(26)15-10-14(21-22-15)12-6-2-1-3-7-12/h1-10H,11H2,(H,21,22)(H,23,25)(H,24,26). The van der Waals surface area contributed by atoms with Crippen LogP contribution in [0.1, 0.15) is 10.5 Å². The van der Waals surface area contributed by atoms with Crippen LogP contribution in [0, 0.1) is 0 Å². The van der Waals surface area contributed by atoms with Crippen LogP contribution in [0.2, 0.25) is 0 Å². The third kappa shape index (κ3) is 4.04. The molecule has 0 aliphatic rings. The molecule has 0 atom stereocenters. The SMILES string of the molecule is O=C(CSc1nc2ccccc2o1)NNC(=O)c1cc(-c2ccccc2)n[nH]1. The highest BCUT2D eigenvalue weighted by Crippen LogP contribution is 2.22. The predicted molar refractivity (Wildman–Crippen MR) is 104 cm³/mol. The number of thioether (sulfide) groups is 1.